The summed E-state index contributed by atoms with van der Waals surface area (Å²) in [6.45, 7) is 3.46. The van der Waals surface area contributed by atoms with Crippen molar-refractivity contribution in [2.24, 2.45) is 0 Å². The number of nitrogens with one attached hydrogen (secondary N) is 2. The number of pyridine rings is 2. The van der Waals surface area contributed by atoms with E-state index in [0.717, 1.165) is 41.7 Å². The predicted molar refractivity (Wildman–Crippen MR) is 113 cm³/mol. The molecule has 2 aliphatic rings. The van der Waals surface area contributed by atoms with Gasteiger partial charge in [0, 0.05) is 30.6 Å². The lowest BCUT2D eigenvalue weighted by Crippen LogP contribution is -2.48. The lowest BCUT2D eigenvalue weighted by Gasteiger charge is -2.27. The fourth-order valence-electron chi connectivity index (χ4n) is 3.61. The second kappa shape index (κ2) is 7.58. The van der Waals surface area contributed by atoms with Gasteiger partial charge in [0.2, 0.25) is 11.9 Å². The number of aliphatic hydroxyl groups is 1. The maximum Gasteiger partial charge on any atom is 0.241 e. The van der Waals surface area contributed by atoms with E-state index in [-0.39, 0.29) is 5.91 Å². The monoisotopic (exact) mass is 405 g/mol. The lowest BCUT2D eigenvalue weighted by atomic mass is 10.1. The van der Waals surface area contributed by atoms with E-state index in [2.05, 4.69) is 30.6 Å². The molecule has 9 heteroatoms. The summed E-state index contributed by atoms with van der Waals surface area (Å²) in [7, 11) is 0. The normalized spacial score (nSPS) is 17.9. The Bertz CT molecular complexity index is 1100. The summed E-state index contributed by atoms with van der Waals surface area (Å²) in [6, 6.07) is 5.52. The van der Waals surface area contributed by atoms with Crippen LogP contribution >= 0.6 is 0 Å². The molecular weight excluding hydrogens is 382 g/mol. The topological polar surface area (TPSA) is 116 Å². The Balaban J connectivity index is 1.41. The molecule has 0 unspecified atom stereocenters. The summed E-state index contributed by atoms with van der Waals surface area (Å²) in [6.07, 6.45) is 4.98. The number of carbonyl (C=O) groups is 1. The van der Waals surface area contributed by atoms with Gasteiger partial charge in [0.1, 0.15) is 5.82 Å². The third kappa shape index (κ3) is 3.69. The van der Waals surface area contributed by atoms with E-state index in [1.807, 2.05) is 18.2 Å². The first-order valence-electron chi connectivity index (χ1n) is 10.2. The zero-order chi connectivity index (χ0) is 20.7. The van der Waals surface area contributed by atoms with Crippen molar-refractivity contribution >= 4 is 34.3 Å². The van der Waals surface area contributed by atoms with Crippen LogP contribution in [0.4, 0.5) is 17.5 Å². The maximum absolute atomic E-state index is 12.0. The molecule has 0 bridgehead atoms. The molecule has 3 N–H and O–H groups in total. The van der Waals surface area contributed by atoms with Crippen LogP contribution in [0.3, 0.4) is 0 Å². The molecule has 1 saturated carbocycles. The molecule has 30 heavy (non-hydrogen) atoms. The summed E-state index contributed by atoms with van der Waals surface area (Å²) in [5, 5.41) is 17.0. The molecule has 1 amide bonds. The third-order valence-electron chi connectivity index (χ3n) is 5.39. The number of aromatic nitrogens is 4. The quantitative estimate of drug-likeness (QED) is 0.590. The highest BCUT2D eigenvalue weighted by Gasteiger charge is 2.29. The van der Waals surface area contributed by atoms with E-state index in [0.29, 0.717) is 36.5 Å². The molecule has 0 aromatic carbocycles. The van der Waals surface area contributed by atoms with Gasteiger partial charge in [-0.15, -0.1) is 0 Å². The van der Waals surface area contributed by atoms with Gasteiger partial charge in [0.05, 0.1) is 41.4 Å². The number of anilines is 3. The van der Waals surface area contributed by atoms with Gasteiger partial charge in [0.25, 0.3) is 0 Å². The van der Waals surface area contributed by atoms with Gasteiger partial charge in [-0.25, -0.2) is 15.0 Å². The number of hydrogen-bond acceptors (Lipinski definition) is 8. The summed E-state index contributed by atoms with van der Waals surface area (Å²) < 4.78 is 0. The first kappa shape index (κ1) is 18.8. The zero-order valence-corrected chi connectivity index (χ0v) is 16.7. The van der Waals surface area contributed by atoms with Crippen LogP contribution in [0.25, 0.3) is 10.9 Å². The van der Waals surface area contributed by atoms with E-state index in [1.165, 1.54) is 0 Å². The van der Waals surface area contributed by atoms with Crippen molar-refractivity contribution in [2.45, 2.75) is 31.8 Å². The number of nitrogens with zero attached hydrogens (tertiary/aromatic N) is 5. The molecule has 3 aromatic rings. The van der Waals surface area contributed by atoms with Crippen molar-refractivity contribution in [3.05, 3.63) is 42.0 Å². The minimum absolute atomic E-state index is 0.0401. The predicted octanol–water partition coefficient (Wildman–Crippen LogP) is 2.03. The van der Waals surface area contributed by atoms with Gasteiger partial charge < -0.3 is 20.6 Å². The molecule has 1 aliphatic carbocycles. The zero-order valence-electron chi connectivity index (χ0n) is 16.7. The van der Waals surface area contributed by atoms with E-state index in [9.17, 15) is 9.90 Å². The van der Waals surface area contributed by atoms with Gasteiger partial charge in [-0.3, -0.25) is 9.78 Å². The van der Waals surface area contributed by atoms with Crippen LogP contribution in [-0.4, -0.2) is 50.6 Å². The number of hydrogen-bond donors (Lipinski definition) is 3. The molecule has 1 atom stereocenters. The molecule has 0 spiro atoms. The van der Waals surface area contributed by atoms with Gasteiger partial charge >= 0.3 is 0 Å². The molecule has 1 aliphatic heterocycles. The van der Waals surface area contributed by atoms with E-state index < -0.39 is 6.10 Å². The van der Waals surface area contributed by atoms with Gasteiger partial charge in [0.15, 0.2) is 0 Å². The third-order valence-corrected chi connectivity index (χ3v) is 5.39. The van der Waals surface area contributed by atoms with Crippen LogP contribution in [0.15, 0.2) is 30.6 Å². The highest BCUT2D eigenvalue weighted by molar-refractivity contribution is 5.95. The Hall–Kier alpha value is -3.17. The number of aliphatic hydroxyl groups excluding tert-OH is 1. The Labute approximate surface area is 173 Å². The molecular formula is C21H23N7O2. The molecule has 3 aromatic heterocycles. The van der Waals surface area contributed by atoms with Crippen LogP contribution in [-0.2, 0) is 4.79 Å². The maximum atomic E-state index is 12.0. The second-order valence-electron chi connectivity index (χ2n) is 7.76. The summed E-state index contributed by atoms with van der Waals surface area (Å²) in [5.41, 5.74) is 3.16. The van der Waals surface area contributed by atoms with Crippen LogP contribution < -0.4 is 15.5 Å². The van der Waals surface area contributed by atoms with Crippen molar-refractivity contribution in [2.75, 3.05) is 29.9 Å². The van der Waals surface area contributed by atoms with E-state index >= 15 is 0 Å². The number of rotatable bonds is 5. The van der Waals surface area contributed by atoms with Gasteiger partial charge in [-0.05, 0) is 38.0 Å². The first-order chi connectivity index (χ1) is 14.6. The van der Waals surface area contributed by atoms with Crippen LogP contribution in [0, 0.1) is 0 Å². The largest absolute Gasteiger partial charge is 0.387 e. The van der Waals surface area contributed by atoms with Crippen molar-refractivity contribution in [3.8, 4) is 0 Å². The number of fused-ring (bicyclic) bond motifs is 1. The van der Waals surface area contributed by atoms with E-state index in [1.54, 1.807) is 24.2 Å². The molecule has 9 nitrogen and oxygen atoms in total. The summed E-state index contributed by atoms with van der Waals surface area (Å²) in [4.78, 5) is 31.9. The Morgan fingerprint density at radius 3 is 2.80 bits per heavy atom. The fourth-order valence-corrected chi connectivity index (χ4v) is 3.61. The number of amides is 1. The molecule has 5 rings (SSSR count). The highest BCUT2D eigenvalue weighted by atomic mass is 16.3. The Kier molecular flexibility index (Phi) is 4.76. The average molecular weight is 405 g/mol. The molecule has 4 heterocycles. The average Bonchev–Trinajstić information content (AvgIpc) is 3.59. The Morgan fingerprint density at radius 1 is 1.23 bits per heavy atom. The number of piperazine rings is 1. The van der Waals surface area contributed by atoms with Gasteiger partial charge in [-0.1, -0.05) is 0 Å². The van der Waals surface area contributed by atoms with Crippen molar-refractivity contribution < 1.29 is 9.90 Å². The molecule has 1 saturated heterocycles. The summed E-state index contributed by atoms with van der Waals surface area (Å²) >= 11 is 0. The van der Waals surface area contributed by atoms with Gasteiger partial charge in [-0.2, -0.15) is 0 Å². The highest BCUT2D eigenvalue weighted by Crippen LogP contribution is 2.42. The lowest BCUT2D eigenvalue weighted by molar-refractivity contribution is -0.118. The van der Waals surface area contributed by atoms with Crippen molar-refractivity contribution in [3.63, 3.8) is 0 Å². The second-order valence-corrected chi connectivity index (χ2v) is 7.76. The minimum Gasteiger partial charge on any atom is -0.387 e. The van der Waals surface area contributed by atoms with Crippen molar-refractivity contribution in [1.82, 2.24) is 25.3 Å². The first-order valence-corrected chi connectivity index (χ1v) is 10.2. The molecule has 0 radical (unpaired) electrons. The standard InChI is InChI=1S/C21H23N7O2/c1-12(29)16-8-14-9-24-21(27-20(14)19(25-16)13-2-3-13)26-17-5-4-15(10-23-17)28-7-6-22-11-18(28)30/h4-5,8-10,12-13,22,29H,2-3,6-7,11H2,1H3,(H,23,24,26,27)/t12-/m1/s1. The van der Waals surface area contributed by atoms with Crippen LogP contribution in [0.5, 0.6) is 0 Å². The SMILES string of the molecule is C[C@@H](O)c1cc2cnc(Nc3ccc(N4CCNCC4=O)cn3)nc2c(C2CC2)n1. The Morgan fingerprint density at radius 2 is 2.10 bits per heavy atom. The summed E-state index contributed by atoms with van der Waals surface area (Å²) in [5.74, 6) is 1.47. The van der Waals surface area contributed by atoms with Crippen LogP contribution in [0.1, 0.15) is 43.2 Å². The fraction of sp³-hybridized carbons (Fsp3) is 0.381. The molecule has 2 fully saturated rings. The smallest absolute Gasteiger partial charge is 0.241 e. The molecule has 154 valence electrons. The number of carbonyl (C=O) groups excluding carboxylic acids is 1. The minimum atomic E-state index is -0.630. The van der Waals surface area contributed by atoms with Crippen LogP contribution in [0.2, 0.25) is 0 Å². The van der Waals surface area contributed by atoms with Crippen molar-refractivity contribution in [1.29, 1.82) is 0 Å². The van der Waals surface area contributed by atoms with E-state index in [4.69, 9.17) is 0 Å².